The van der Waals surface area contributed by atoms with Crippen LogP contribution in [0.4, 0.5) is 17.1 Å². The number of para-hydroxylation sites is 3. The number of fused-ring (bicyclic) bond motifs is 12. The van der Waals surface area contributed by atoms with Gasteiger partial charge in [0, 0.05) is 54.7 Å². The third-order valence-corrected chi connectivity index (χ3v) is 13.1. The molecule has 0 aliphatic heterocycles. The SMILES string of the molecule is CC1(C)c2ccccc2-c2ccc(N(c3ccc(-c4ccc5oc6c(-c7ccccc7)c7c(cc6c5c4)oc4ccccc47)cc3)c3cccc4c3oc3ccccc34)cc21. The maximum atomic E-state index is 6.77. The molecule has 0 amide bonds. The van der Waals surface area contributed by atoms with Crippen molar-refractivity contribution >= 4 is 82.9 Å². The standard InChI is InChI=1S/C57H37NO3/c1-57(2)46-19-9-6-15-39(46)40-29-28-38(32-47(40)57)58(48-20-12-18-42-41-16-7-10-21-49(41)60-55(42)48)37-26-23-34(24-27-37)36-25-30-51-44(31-36)45-33-52-54(43-17-8-11-22-50(43)59-52)53(56(45)61-51)35-13-4-3-5-14-35/h3-33H,1-2H3. The summed E-state index contributed by atoms with van der Waals surface area (Å²) in [5, 5.41) is 6.45. The molecule has 12 aromatic rings. The van der Waals surface area contributed by atoms with Gasteiger partial charge in [0.2, 0.25) is 0 Å². The molecule has 13 rings (SSSR count). The van der Waals surface area contributed by atoms with E-state index in [1.54, 1.807) is 0 Å². The van der Waals surface area contributed by atoms with Crippen molar-refractivity contribution in [3.05, 3.63) is 199 Å². The Balaban J connectivity index is 0.966. The fourth-order valence-electron chi connectivity index (χ4n) is 10.1. The molecule has 0 spiro atoms. The summed E-state index contributed by atoms with van der Waals surface area (Å²) in [6.07, 6.45) is 0. The molecule has 4 heteroatoms. The largest absolute Gasteiger partial charge is 0.456 e. The van der Waals surface area contributed by atoms with Crippen molar-refractivity contribution in [1.29, 1.82) is 0 Å². The highest BCUT2D eigenvalue weighted by Crippen LogP contribution is 2.52. The van der Waals surface area contributed by atoms with Gasteiger partial charge in [-0.2, -0.15) is 0 Å². The number of furan rings is 3. The van der Waals surface area contributed by atoms with Gasteiger partial charge >= 0.3 is 0 Å². The minimum atomic E-state index is -0.142. The van der Waals surface area contributed by atoms with Crippen molar-refractivity contribution in [3.8, 4) is 33.4 Å². The van der Waals surface area contributed by atoms with Crippen LogP contribution in [0.15, 0.2) is 201 Å². The van der Waals surface area contributed by atoms with Crippen LogP contribution in [-0.2, 0) is 5.41 Å². The first-order valence-corrected chi connectivity index (χ1v) is 20.9. The van der Waals surface area contributed by atoms with Gasteiger partial charge in [-0.25, -0.2) is 0 Å². The summed E-state index contributed by atoms with van der Waals surface area (Å²) in [5.41, 5.74) is 17.8. The Morgan fingerprint density at radius 1 is 0.377 bits per heavy atom. The number of benzene rings is 9. The lowest BCUT2D eigenvalue weighted by Gasteiger charge is -2.28. The first-order valence-electron chi connectivity index (χ1n) is 20.9. The lowest BCUT2D eigenvalue weighted by atomic mass is 9.82. The highest BCUT2D eigenvalue weighted by Gasteiger charge is 2.36. The fourth-order valence-corrected chi connectivity index (χ4v) is 10.1. The first kappa shape index (κ1) is 34.1. The van der Waals surface area contributed by atoms with E-state index in [9.17, 15) is 0 Å². The van der Waals surface area contributed by atoms with Crippen LogP contribution in [0.3, 0.4) is 0 Å². The second kappa shape index (κ2) is 12.6. The lowest BCUT2D eigenvalue weighted by molar-refractivity contribution is 0.660. The number of hydrogen-bond donors (Lipinski definition) is 0. The van der Waals surface area contributed by atoms with Gasteiger partial charge in [-0.05, 0) is 99.6 Å². The molecule has 0 saturated heterocycles. The van der Waals surface area contributed by atoms with Crippen LogP contribution in [0, 0.1) is 0 Å². The third-order valence-electron chi connectivity index (χ3n) is 13.1. The molecule has 0 fully saturated rings. The van der Waals surface area contributed by atoms with E-state index in [0.717, 1.165) is 105 Å². The van der Waals surface area contributed by atoms with Gasteiger partial charge in [-0.1, -0.05) is 141 Å². The van der Waals surface area contributed by atoms with Gasteiger partial charge in [0.25, 0.3) is 0 Å². The molecule has 0 bridgehead atoms. The summed E-state index contributed by atoms with van der Waals surface area (Å²) in [5.74, 6) is 0. The van der Waals surface area contributed by atoms with E-state index in [-0.39, 0.29) is 5.41 Å². The molecular weight excluding hydrogens is 747 g/mol. The molecule has 61 heavy (non-hydrogen) atoms. The summed E-state index contributed by atoms with van der Waals surface area (Å²) < 4.78 is 20.0. The van der Waals surface area contributed by atoms with E-state index < -0.39 is 0 Å². The number of rotatable bonds is 5. The van der Waals surface area contributed by atoms with Crippen molar-refractivity contribution in [3.63, 3.8) is 0 Å². The summed E-state index contributed by atoms with van der Waals surface area (Å²) in [7, 11) is 0. The topological polar surface area (TPSA) is 42.7 Å². The van der Waals surface area contributed by atoms with Crippen LogP contribution < -0.4 is 4.90 Å². The average molecular weight is 784 g/mol. The van der Waals surface area contributed by atoms with Gasteiger partial charge in [0.05, 0.1) is 5.69 Å². The Bertz CT molecular complexity index is 3730. The van der Waals surface area contributed by atoms with Crippen LogP contribution in [0.1, 0.15) is 25.0 Å². The molecule has 0 saturated carbocycles. The van der Waals surface area contributed by atoms with Gasteiger partial charge in [-0.15, -0.1) is 0 Å². The predicted molar refractivity (Wildman–Crippen MR) is 251 cm³/mol. The van der Waals surface area contributed by atoms with Crippen LogP contribution in [0.5, 0.6) is 0 Å². The summed E-state index contributed by atoms with van der Waals surface area (Å²) in [4.78, 5) is 2.35. The Morgan fingerprint density at radius 3 is 1.89 bits per heavy atom. The average Bonchev–Trinajstić information content (AvgIpc) is 4.04. The maximum Gasteiger partial charge on any atom is 0.159 e. The van der Waals surface area contributed by atoms with Crippen LogP contribution in [0.2, 0.25) is 0 Å². The summed E-state index contributed by atoms with van der Waals surface area (Å²) in [6, 6.07) is 66.9. The molecule has 1 aliphatic rings. The quantitative estimate of drug-likeness (QED) is 0.174. The minimum absolute atomic E-state index is 0.142. The molecule has 0 N–H and O–H groups in total. The Morgan fingerprint density at radius 2 is 1.03 bits per heavy atom. The molecule has 9 aromatic carbocycles. The van der Waals surface area contributed by atoms with Gasteiger partial charge in [-0.3, -0.25) is 0 Å². The van der Waals surface area contributed by atoms with Gasteiger partial charge in [0.15, 0.2) is 5.58 Å². The summed E-state index contributed by atoms with van der Waals surface area (Å²) >= 11 is 0. The molecule has 1 aliphatic carbocycles. The Kier molecular flexibility index (Phi) is 7.04. The second-order valence-electron chi connectivity index (χ2n) is 16.8. The molecule has 0 unspecified atom stereocenters. The molecule has 0 radical (unpaired) electrons. The number of anilines is 3. The summed E-state index contributed by atoms with van der Waals surface area (Å²) in [6.45, 7) is 4.67. The van der Waals surface area contributed by atoms with E-state index in [1.165, 1.54) is 22.3 Å². The van der Waals surface area contributed by atoms with Crippen LogP contribution >= 0.6 is 0 Å². The van der Waals surface area contributed by atoms with E-state index in [0.29, 0.717) is 0 Å². The van der Waals surface area contributed by atoms with Crippen LogP contribution in [0.25, 0.3) is 99.2 Å². The van der Waals surface area contributed by atoms with Crippen molar-refractivity contribution in [2.24, 2.45) is 0 Å². The van der Waals surface area contributed by atoms with E-state index in [1.807, 2.05) is 18.2 Å². The van der Waals surface area contributed by atoms with Crippen molar-refractivity contribution in [2.75, 3.05) is 4.90 Å². The molecule has 3 aromatic heterocycles. The smallest absolute Gasteiger partial charge is 0.159 e. The van der Waals surface area contributed by atoms with Gasteiger partial charge in [0.1, 0.15) is 27.9 Å². The molecule has 4 nitrogen and oxygen atoms in total. The Hall–Kier alpha value is -7.82. The van der Waals surface area contributed by atoms with E-state index >= 15 is 0 Å². The van der Waals surface area contributed by atoms with Crippen molar-refractivity contribution in [1.82, 2.24) is 0 Å². The first-order chi connectivity index (χ1) is 30.0. The van der Waals surface area contributed by atoms with E-state index in [2.05, 4.69) is 189 Å². The monoisotopic (exact) mass is 783 g/mol. The number of hydrogen-bond acceptors (Lipinski definition) is 4. The highest BCUT2D eigenvalue weighted by molar-refractivity contribution is 6.23. The molecular formula is C57H37NO3. The third kappa shape index (κ3) is 4.93. The zero-order valence-corrected chi connectivity index (χ0v) is 33.6. The maximum absolute atomic E-state index is 6.77. The second-order valence-corrected chi connectivity index (χ2v) is 16.8. The molecule has 288 valence electrons. The Labute approximate surface area is 351 Å². The zero-order chi connectivity index (χ0) is 40.4. The highest BCUT2D eigenvalue weighted by atomic mass is 16.3. The molecule has 0 atom stereocenters. The lowest BCUT2D eigenvalue weighted by Crippen LogP contribution is -2.16. The normalized spacial score (nSPS) is 13.2. The predicted octanol–water partition coefficient (Wildman–Crippen LogP) is 16.5. The number of nitrogens with zero attached hydrogens (tertiary/aromatic N) is 1. The van der Waals surface area contributed by atoms with Crippen molar-refractivity contribution < 1.29 is 13.3 Å². The zero-order valence-electron chi connectivity index (χ0n) is 33.6. The van der Waals surface area contributed by atoms with Gasteiger partial charge < -0.3 is 18.2 Å². The minimum Gasteiger partial charge on any atom is -0.456 e. The van der Waals surface area contributed by atoms with Crippen LogP contribution in [-0.4, -0.2) is 0 Å². The van der Waals surface area contributed by atoms with Crippen molar-refractivity contribution in [2.45, 2.75) is 19.3 Å². The molecule has 3 heterocycles. The van der Waals surface area contributed by atoms with E-state index in [4.69, 9.17) is 13.3 Å². The fraction of sp³-hybridized carbons (Fsp3) is 0.0526.